The van der Waals surface area contributed by atoms with Crippen LogP contribution in [0.25, 0.3) is 0 Å². The third kappa shape index (κ3) is 3.52. The van der Waals surface area contributed by atoms with Gasteiger partial charge < -0.3 is 0 Å². The van der Waals surface area contributed by atoms with Crippen LogP contribution in [0.5, 0.6) is 0 Å². The van der Waals surface area contributed by atoms with Crippen LogP contribution in [0.1, 0.15) is 56.2 Å². The Bertz CT molecular complexity index is 328. The molecule has 0 N–H and O–H groups in total. The Morgan fingerprint density at radius 2 is 1.69 bits per heavy atom. The number of rotatable bonds is 5. The van der Waals surface area contributed by atoms with Crippen molar-refractivity contribution >= 4 is 11.6 Å². The largest absolute Gasteiger partial charge is 0.118 e. The molecule has 16 heavy (non-hydrogen) atoms. The molecular formula is C15H23Cl. The monoisotopic (exact) mass is 238 g/mol. The zero-order valence-electron chi connectivity index (χ0n) is 10.9. The zero-order valence-corrected chi connectivity index (χ0v) is 11.6. The number of benzene rings is 1. The van der Waals surface area contributed by atoms with Crippen molar-refractivity contribution in [2.24, 2.45) is 5.92 Å². The van der Waals surface area contributed by atoms with E-state index in [0.29, 0.717) is 5.92 Å². The summed E-state index contributed by atoms with van der Waals surface area (Å²) in [6.45, 7) is 8.86. The fourth-order valence-corrected chi connectivity index (χ4v) is 2.56. The molecule has 0 spiro atoms. The van der Waals surface area contributed by atoms with Gasteiger partial charge in [-0.05, 0) is 41.9 Å². The van der Waals surface area contributed by atoms with Gasteiger partial charge in [0.15, 0.2) is 0 Å². The van der Waals surface area contributed by atoms with Crippen LogP contribution in [0.3, 0.4) is 0 Å². The minimum atomic E-state index is 0.163. The molecule has 1 heteroatoms. The second-order valence-corrected chi connectivity index (χ2v) is 5.36. The number of hydrogen-bond acceptors (Lipinski definition) is 0. The first-order valence-electron chi connectivity index (χ1n) is 6.34. The maximum atomic E-state index is 6.43. The van der Waals surface area contributed by atoms with Crippen molar-refractivity contribution in [3.05, 3.63) is 34.9 Å². The molecule has 0 aliphatic heterocycles. The van der Waals surface area contributed by atoms with Gasteiger partial charge in [-0.15, -0.1) is 11.6 Å². The molecule has 90 valence electrons. The Kier molecular flexibility index (Phi) is 5.34. The summed E-state index contributed by atoms with van der Waals surface area (Å²) in [5.41, 5.74) is 4.19. The molecule has 0 aliphatic rings. The van der Waals surface area contributed by atoms with Crippen molar-refractivity contribution in [2.45, 2.75) is 52.3 Å². The number of aryl methyl sites for hydroxylation is 2. The van der Waals surface area contributed by atoms with Crippen LogP contribution in [-0.4, -0.2) is 0 Å². The van der Waals surface area contributed by atoms with E-state index in [-0.39, 0.29) is 5.38 Å². The van der Waals surface area contributed by atoms with Crippen LogP contribution in [-0.2, 0) is 12.8 Å². The second kappa shape index (κ2) is 6.30. The molecule has 0 heterocycles. The van der Waals surface area contributed by atoms with E-state index in [9.17, 15) is 0 Å². The van der Waals surface area contributed by atoms with Crippen LogP contribution in [0.2, 0.25) is 0 Å². The Morgan fingerprint density at radius 3 is 2.19 bits per heavy atom. The molecule has 1 atom stereocenters. The Labute approximate surface area is 105 Å². The highest BCUT2D eigenvalue weighted by Crippen LogP contribution is 2.29. The lowest BCUT2D eigenvalue weighted by Crippen LogP contribution is -1.99. The van der Waals surface area contributed by atoms with Crippen LogP contribution in [0.15, 0.2) is 18.2 Å². The summed E-state index contributed by atoms with van der Waals surface area (Å²) in [5.74, 6) is 0.651. The fraction of sp³-hybridized carbons (Fsp3) is 0.600. The van der Waals surface area contributed by atoms with E-state index in [1.807, 2.05) is 0 Å². The van der Waals surface area contributed by atoms with E-state index in [1.54, 1.807) is 0 Å². The van der Waals surface area contributed by atoms with Crippen LogP contribution in [0, 0.1) is 5.92 Å². The lowest BCUT2D eigenvalue weighted by Gasteiger charge is -2.15. The Balaban J connectivity index is 2.89. The summed E-state index contributed by atoms with van der Waals surface area (Å²) in [7, 11) is 0. The van der Waals surface area contributed by atoms with E-state index in [0.717, 1.165) is 19.3 Å². The van der Waals surface area contributed by atoms with Gasteiger partial charge in [0.25, 0.3) is 0 Å². The fourth-order valence-electron chi connectivity index (χ4n) is 2.06. The zero-order chi connectivity index (χ0) is 12.1. The van der Waals surface area contributed by atoms with Crippen molar-refractivity contribution in [3.63, 3.8) is 0 Å². The minimum absolute atomic E-state index is 0.163. The van der Waals surface area contributed by atoms with Crippen molar-refractivity contribution in [2.75, 3.05) is 0 Å². The lowest BCUT2D eigenvalue weighted by atomic mass is 9.96. The molecule has 0 saturated heterocycles. The molecule has 0 nitrogen and oxygen atoms in total. The highest BCUT2D eigenvalue weighted by atomic mass is 35.5. The number of alkyl halides is 1. The van der Waals surface area contributed by atoms with Gasteiger partial charge in [0.2, 0.25) is 0 Å². The van der Waals surface area contributed by atoms with Crippen LogP contribution < -0.4 is 0 Å². The first-order chi connectivity index (χ1) is 7.58. The van der Waals surface area contributed by atoms with Gasteiger partial charge in [-0.2, -0.15) is 0 Å². The summed E-state index contributed by atoms with van der Waals surface area (Å²) in [6, 6.07) is 6.72. The van der Waals surface area contributed by atoms with E-state index < -0.39 is 0 Å². The maximum absolute atomic E-state index is 6.43. The van der Waals surface area contributed by atoms with Gasteiger partial charge in [0.05, 0.1) is 5.38 Å². The summed E-state index contributed by atoms with van der Waals surface area (Å²) in [5, 5.41) is 0.163. The van der Waals surface area contributed by atoms with Crippen molar-refractivity contribution in [1.82, 2.24) is 0 Å². The molecule has 0 bridgehead atoms. The van der Waals surface area contributed by atoms with E-state index in [2.05, 4.69) is 45.9 Å². The average molecular weight is 239 g/mol. The maximum Gasteiger partial charge on any atom is 0.0587 e. The average Bonchev–Trinajstić information content (AvgIpc) is 2.27. The highest BCUT2D eigenvalue weighted by Gasteiger charge is 2.11. The van der Waals surface area contributed by atoms with Crippen LogP contribution in [0.4, 0.5) is 0 Å². The van der Waals surface area contributed by atoms with Gasteiger partial charge in [-0.3, -0.25) is 0 Å². The predicted octanol–water partition coefficient (Wildman–Crippen LogP) is 5.14. The molecule has 0 saturated carbocycles. The molecule has 1 aromatic rings. The van der Waals surface area contributed by atoms with Gasteiger partial charge in [0.1, 0.15) is 0 Å². The predicted molar refractivity (Wildman–Crippen MR) is 73.2 cm³/mol. The molecule has 0 aromatic heterocycles. The second-order valence-electron chi connectivity index (χ2n) is 4.83. The summed E-state index contributed by atoms with van der Waals surface area (Å²) >= 11 is 6.43. The summed E-state index contributed by atoms with van der Waals surface area (Å²) in [6.07, 6.45) is 3.26. The van der Waals surface area contributed by atoms with E-state index >= 15 is 0 Å². The Hall–Kier alpha value is -0.490. The number of hydrogen-bond donors (Lipinski definition) is 0. The minimum Gasteiger partial charge on any atom is -0.118 e. The highest BCUT2D eigenvalue weighted by molar-refractivity contribution is 6.20. The first kappa shape index (κ1) is 13.6. The Morgan fingerprint density at radius 1 is 1.06 bits per heavy atom. The van der Waals surface area contributed by atoms with Gasteiger partial charge in [0, 0.05) is 0 Å². The molecule has 1 unspecified atom stereocenters. The quantitative estimate of drug-likeness (QED) is 0.624. The summed E-state index contributed by atoms with van der Waals surface area (Å²) in [4.78, 5) is 0. The molecule has 0 aliphatic carbocycles. The van der Waals surface area contributed by atoms with Crippen molar-refractivity contribution in [1.29, 1.82) is 0 Å². The molecule has 0 amide bonds. The molecule has 1 rings (SSSR count). The lowest BCUT2D eigenvalue weighted by molar-refractivity contribution is 0.575. The SMILES string of the molecule is CCc1ccc(C(Cl)CC(C)C)cc1CC. The van der Waals surface area contributed by atoms with Gasteiger partial charge >= 0.3 is 0 Å². The van der Waals surface area contributed by atoms with Gasteiger partial charge in [-0.1, -0.05) is 45.9 Å². The molecular weight excluding hydrogens is 216 g/mol. The number of halogens is 1. The van der Waals surface area contributed by atoms with Gasteiger partial charge in [-0.25, -0.2) is 0 Å². The molecule has 0 radical (unpaired) electrons. The van der Waals surface area contributed by atoms with Crippen LogP contribution >= 0.6 is 11.6 Å². The first-order valence-corrected chi connectivity index (χ1v) is 6.77. The smallest absolute Gasteiger partial charge is 0.0587 e. The van der Waals surface area contributed by atoms with Crippen molar-refractivity contribution < 1.29 is 0 Å². The standard InChI is InChI=1S/C15H23Cl/c1-5-12-7-8-14(10-13(12)6-2)15(16)9-11(3)4/h7-8,10-11,15H,5-6,9H2,1-4H3. The van der Waals surface area contributed by atoms with E-state index in [4.69, 9.17) is 11.6 Å². The molecule has 0 fully saturated rings. The summed E-state index contributed by atoms with van der Waals surface area (Å²) < 4.78 is 0. The normalized spacial score (nSPS) is 13.1. The molecule has 1 aromatic carbocycles. The third-order valence-corrected chi connectivity index (χ3v) is 3.46. The van der Waals surface area contributed by atoms with E-state index in [1.165, 1.54) is 16.7 Å². The third-order valence-electron chi connectivity index (χ3n) is 3.03. The van der Waals surface area contributed by atoms with Crippen molar-refractivity contribution in [3.8, 4) is 0 Å². The topological polar surface area (TPSA) is 0 Å².